The standard InChI is InChI=1S/C13H19N3O6S/c1-3-22-12(17)4-5-23(19,20)16-7-9(8-16)10-6-11(15-14-10)13(18)21-2/h6,9H,3-5,7-8H2,1-2H3,(H,14,15). The van der Waals surface area contributed by atoms with E-state index in [2.05, 4.69) is 14.9 Å². The van der Waals surface area contributed by atoms with Crippen LogP contribution in [0.2, 0.25) is 0 Å². The van der Waals surface area contributed by atoms with Gasteiger partial charge in [-0.1, -0.05) is 0 Å². The Morgan fingerprint density at radius 3 is 2.74 bits per heavy atom. The van der Waals surface area contributed by atoms with Crippen molar-refractivity contribution in [2.24, 2.45) is 0 Å². The molecule has 0 aromatic carbocycles. The summed E-state index contributed by atoms with van der Waals surface area (Å²) in [6.45, 7) is 2.47. The summed E-state index contributed by atoms with van der Waals surface area (Å²) < 4.78 is 34.7. The van der Waals surface area contributed by atoms with Crippen LogP contribution in [0.25, 0.3) is 0 Å². The Morgan fingerprint density at radius 1 is 1.43 bits per heavy atom. The molecule has 0 spiro atoms. The lowest BCUT2D eigenvalue weighted by Gasteiger charge is -2.37. The van der Waals surface area contributed by atoms with E-state index in [1.54, 1.807) is 13.0 Å². The molecule has 0 saturated carbocycles. The summed E-state index contributed by atoms with van der Waals surface area (Å²) in [4.78, 5) is 22.6. The Kier molecular flexibility index (Phi) is 5.37. The maximum Gasteiger partial charge on any atom is 0.358 e. The molecule has 1 aliphatic rings. The van der Waals surface area contributed by atoms with E-state index in [9.17, 15) is 18.0 Å². The van der Waals surface area contributed by atoms with Gasteiger partial charge in [-0.05, 0) is 13.0 Å². The molecular formula is C13H19N3O6S. The second kappa shape index (κ2) is 7.09. The summed E-state index contributed by atoms with van der Waals surface area (Å²) in [6, 6.07) is 1.55. The molecule has 2 rings (SSSR count). The maximum absolute atomic E-state index is 12.1. The van der Waals surface area contributed by atoms with Crippen LogP contribution in [0.3, 0.4) is 0 Å². The van der Waals surface area contributed by atoms with E-state index >= 15 is 0 Å². The average Bonchev–Trinajstić information content (AvgIpc) is 2.92. The number of nitrogens with one attached hydrogen (secondary N) is 1. The minimum Gasteiger partial charge on any atom is -0.466 e. The highest BCUT2D eigenvalue weighted by Crippen LogP contribution is 2.28. The first-order valence-electron chi connectivity index (χ1n) is 7.14. The van der Waals surface area contributed by atoms with Gasteiger partial charge < -0.3 is 9.47 Å². The summed E-state index contributed by atoms with van der Waals surface area (Å²) in [5.41, 5.74) is 0.841. The molecule has 0 bridgehead atoms. The van der Waals surface area contributed by atoms with Gasteiger partial charge in [0.25, 0.3) is 0 Å². The molecule has 9 nitrogen and oxygen atoms in total. The summed E-state index contributed by atoms with van der Waals surface area (Å²) in [5.74, 6) is -1.40. The van der Waals surface area contributed by atoms with Gasteiger partial charge in [0.15, 0.2) is 5.69 Å². The lowest BCUT2D eigenvalue weighted by Crippen LogP contribution is -2.49. The van der Waals surface area contributed by atoms with E-state index in [-0.39, 0.29) is 43.5 Å². The molecule has 128 valence electrons. The number of aromatic amines is 1. The van der Waals surface area contributed by atoms with E-state index in [0.29, 0.717) is 5.69 Å². The third-order valence-electron chi connectivity index (χ3n) is 3.54. The van der Waals surface area contributed by atoms with Crippen molar-refractivity contribution in [3.63, 3.8) is 0 Å². The molecule has 0 unspecified atom stereocenters. The van der Waals surface area contributed by atoms with Crippen LogP contribution in [0.5, 0.6) is 0 Å². The highest BCUT2D eigenvalue weighted by Gasteiger charge is 2.37. The van der Waals surface area contributed by atoms with Gasteiger partial charge in [0.1, 0.15) is 0 Å². The van der Waals surface area contributed by atoms with Crippen LogP contribution in [-0.2, 0) is 24.3 Å². The highest BCUT2D eigenvalue weighted by atomic mass is 32.2. The molecule has 1 aliphatic heterocycles. The van der Waals surface area contributed by atoms with Crippen molar-refractivity contribution >= 4 is 22.0 Å². The van der Waals surface area contributed by atoms with Crippen LogP contribution in [0.4, 0.5) is 0 Å². The number of H-pyrrole nitrogens is 1. The van der Waals surface area contributed by atoms with Crippen LogP contribution < -0.4 is 0 Å². The summed E-state index contributed by atoms with van der Waals surface area (Å²) >= 11 is 0. The number of carbonyl (C=O) groups excluding carboxylic acids is 2. The fourth-order valence-corrected chi connectivity index (χ4v) is 3.69. The summed E-state index contributed by atoms with van der Waals surface area (Å²) in [7, 11) is -2.22. The number of aromatic nitrogens is 2. The largest absolute Gasteiger partial charge is 0.466 e. The number of hydrogen-bond donors (Lipinski definition) is 1. The normalized spacial score (nSPS) is 15.9. The third kappa shape index (κ3) is 4.08. The zero-order chi connectivity index (χ0) is 17.0. The molecule has 23 heavy (non-hydrogen) atoms. The van der Waals surface area contributed by atoms with Gasteiger partial charge in [-0.15, -0.1) is 0 Å². The van der Waals surface area contributed by atoms with Crippen molar-refractivity contribution in [1.29, 1.82) is 0 Å². The Bertz CT molecular complexity index is 678. The van der Waals surface area contributed by atoms with Crippen molar-refractivity contribution in [3.05, 3.63) is 17.5 Å². The predicted molar refractivity (Wildman–Crippen MR) is 79.3 cm³/mol. The van der Waals surface area contributed by atoms with Crippen molar-refractivity contribution in [1.82, 2.24) is 14.5 Å². The van der Waals surface area contributed by atoms with Gasteiger partial charge in [-0.25, -0.2) is 17.5 Å². The Labute approximate surface area is 134 Å². The van der Waals surface area contributed by atoms with Gasteiger partial charge in [0.05, 0.1) is 25.9 Å². The van der Waals surface area contributed by atoms with Crippen molar-refractivity contribution < 1.29 is 27.5 Å². The number of carbonyl (C=O) groups is 2. The van der Waals surface area contributed by atoms with Gasteiger partial charge in [-0.3, -0.25) is 9.89 Å². The molecule has 0 atom stereocenters. The van der Waals surface area contributed by atoms with Crippen LogP contribution in [-0.4, -0.2) is 67.4 Å². The zero-order valence-electron chi connectivity index (χ0n) is 12.9. The molecule has 1 aromatic heterocycles. The molecule has 0 amide bonds. The number of ether oxygens (including phenoxy) is 2. The van der Waals surface area contributed by atoms with Crippen molar-refractivity contribution in [2.45, 2.75) is 19.3 Å². The summed E-state index contributed by atoms with van der Waals surface area (Å²) in [6.07, 6.45) is -0.159. The number of rotatable bonds is 7. The van der Waals surface area contributed by atoms with Gasteiger partial charge in [0.2, 0.25) is 10.0 Å². The minimum absolute atomic E-state index is 0.0572. The molecule has 1 N–H and O–H groups in total. The molecular weight excluding hydrogens is 326 g/mol. The molecule has 10 heteroatoms. The predicted octanol–water partition coefficient (Wildman–Crippen LogP) is -0.121. The van der Waals surface area contributed by atoms with E-state index in [1.165, 1.54) is 11.4 Å². The van der Waals surface area contributed by atoms with Gasteiger partial charge in [0, 0.05) is 24.7 Å². The SMILES string of the molecule is CCOC(=O)CCS(=O)(=O)N1CC(c2cc(C(=O)OC)n[nH]2)C1. The summed E-state index contributed by atoms with van der Waals surface area (Å²) in [5, 5.41) is 6.54. The van der Waals surface area contributed by atoms with Gasteiger partial charge >= 0.3 is 11.9 Å². The van der Waals surface area contributed by atoms with Crippen molar-refractivity contribution in [3.8, 4) is 0 Å². The monoisotopic (exact) mass is 345 g/mol. The molecule has 1 aromatic rings. The van der Waals surface area contributed by atoms with Crippen LogP contribution >= 0.6 is 0 Å². The number of methoxy groups -OCH3 is 1. The fraction of sp³-hybridized carbons (Fsp3) is 0.615. The molecule has 1 saturated heterocycles. The molecule has 1 fully saturated rings. The quantitative estimate of drug-likeness (QED) is 0.684. The number of sulfonamides is 1. The van der Waals surface area contributed by atoms with E-state index in [1.807, 2.05) is 0 Å². The van der Waals surface area contributed by atoms with Crippen LogP contribution in [0.1, 0.15) is 35.4 Å². The molecule has 2 heterocycles. The topological polar surface area (TPSA) is 119 Å². The Balaban J connectivity index is 1.87. The first kappa shape index (κ1) is 17.4. The van der Waals surface area contributed by atoms with Crippen LogP contribution in [0.15, 0.2) is 6.07 Å². The highest BCUT2D eigenvalue weighted by molar-refractivity contribution is 7.89. The lowest BCUT2D eigenvalue weighted by molar-refractivity contribution is -0.142. The molecule has 0 radical (unpaired) electrons. The smallest absolute Gasteiger partial charge is 0.358 e. The third-order valence-corrected chi connectivity index (χ3v) is 5.35. The fourth-order valence-electron chi connectivity index (χ4n) is 2.19. The second-order valence-electron chi connectivity index (χ2n) is 5.09. The second-order valence-corrected chi connectivity index (χ2v) is 7.17. The van der Waals surface area contributed by atoms with Crippen molar-refractivity contribution in [2.75, 3.05) is 32.6 Å². The lowest BCUT2D eigenvalue weighted by atomic mass is 9.99. The van der Waals surface area contributed by atoms with Gasteiger partial charge in [-0.2, -0.15) is 5.10 Å². The zero-order valence-corrected chi connectivity index (χ0v) is 13.8. The molecule has 0 aliphatic carbocycles. The van der Waals surface area contributed by atoms with E-state index in [4.69, 9.17) is 4.74 Å². The maximum atomic E-state index is 12.1. The first-order chi connectivity index (χ1) is 10.9. The Hall–Kier alpha value is -1.94. The number of esters is 2. The van der Waals surface area contributed by atoms with E-state index in [0.717, 1.165) is 0 Å². The minimum atomic E-state index is -3.49. The van der Waals surface area contributed by atoms with Crippen LogP contribution in [0, 0.1) is 0 Å². The Morgan fingerprint density at radius 2 is 2.13 bits per heavy atom. The number of nitrogens with zero attached hydrogens (tertiary/aromatic N) is 2. The van der Waals surface area contributed by atoms with E-state index < -0.39 is 22.0 Å². The first-order valence-corrected chi connectivity index (χ1v) is 8.75. The number of hydrogen-bond acceptors (Lipinski definition) is 7. The average molecular weight is 345 g/mol.